The van der Waals surface area contributed by atoms with Crippen LogP contribution in [0.25, 0.3) is 0 Å². The van der Waals surface area contributed by atoms with E-state index in [9.17, 15) is 20.2 Å². The van der Waals surface area contributed by atoms with Crippen LogP contribution in [0.5, 0.6) is 0 Å². The number of aryl methyl sites for hydroxylation is 1. The quantitative estimate of drug-likeness (QED) is 0.268. The number of hydrogen-bond acceptors (Lipinski definition) is 4. The third-order valence-corrected chi connectivity index (χ3v) is 4.68. The van der Waals surface area contributed by atoms with E-state index >= 15 is 0 Å². The van der Waals surface area contributed by atoms with E-state index in [4.69, 9.17) is 23.2 Å². The zero-order chi connectivity index (χ0) is 16.4. The van der Waals surface area contributed by atoms with Gasteiger partial charge in [0.05, 0.1) is 6.08 Å². The van der Waals surface area contributed by atoms with Gasteiger partial charge < -0.3 is 0 Å². The Labute approximate surface area is 137 Å². The monoisotopic (exact) mass is 344 g/mol. The van der Waals surface area contributed by atoms with Crippen LogP contribution in [-0.2, 0) is 6.42 Å². The van der Waals surface area contributed by atoms with E-state index in [2.05, 4.69) is 0 Å². The number of rotatable bonds is 5. The molecule has 0 fully saturated rings. The molecule has 0 saturated carbocycles. The van der Waals surface area contributed by atoms with Crippen LogP contribution < -0.4 is 0 Å². The van der Waals surface area contributed by atoms with Crippen LogP contribution in [-0.4, -0.2) is 19.8 Å². The number of alkyl halides is 2. The van der Waals surface area contributed by atoms with Crippen molar-refractivity contribution >= 4 is 23.2 Å². The molecule has 0 radical (unpaired) electrons. The van der Waals surface area contributed by atoms with Gasteiger partial charge in [0, 0.05) is 5.92 Å². The van der Waals surface area contributed by atoms with Crippen LogP contribution in [0.1, 0.15) is 18.4 Å². The molecule has 1 aliphatic rings. The van der Waals surface area contributed by atoms with Gasteiger partial charge in [-0.2, -0.15) is 0 Å². The number of nitro groups is 2. The lowest BCUT2D eigenvalue weighted by Gasteiger charge is -2.33. The summed E-state index contributed by atoms with van der Waals surface area (Å²) in [5.74, 6) is -0.385. The molecule has 1 aromatic rings. The van der Waals surface area contributed by atoms with Crippen molar-refractivity contribution in [1.29, 1.82) is 0 Å². The topological polar surface area (TPSA) is 86.3 Å². The molecule has 0 heterocycles. The minimum Gasteiger partial charge on any atom is -0.258 e. The van der Waals surface area contributed by atoms with Crippen molar-refractivity contribution in [3.63, 3.8) is 0 Å². The molecule has 1 unspecified atom stereocenters. The first-order chi connectivity index (χ1) is 10.3. The fourth-order valence-corrected chi connectivity index (χ4v) is 3.30. The molecule has 0 aliphatic heterocycles. The molecule has 1 atom stereocenters. The maximum absolute atomic E-state index is 11.1. The van der Waals surface area contributed by atoms with Crippen molar-refractivity contribution < 1.29 is 9.85 Å². The second-order valence-corrected chi connectivity index (χ2v) is 6.86. The van der Waals surface area contributed by atoms with Crippen LogP contribution in [0.4, 0.5) is 0 Å². The first kappa shape index (κ1) is 16.7. The van der Waals surface area contributed by atoms with Gasteiger partial charge in [0.1, 0.15) is 20.6 Å². The largest absolute Gasteiger partial charge is 0.480 e. The Balaban J connectivity index is 2.18. The molecule has 6 nitrogen and oxygen atoms in total. The molecule has 118 valence electrons. The number of nitrogens with zero attached hydrogens (tertiary/aromatic N) is 2. The Kier molecular flexibility index (Phi) is 4.72. The van der Waals surface area contributed by atoms with Crippen molar-refractivity contribution in [3.05, 3.63) is 68.3 Å². The van der Waals surface area contributed by atoms with Gasteiger partial charge >= 0.3 is 5.66 Å². The average Bonchev–Trinajstić information content (AvgIpc) is 2.45. The van der Waals surface area contributed by atoms with E-state index in [0.717, 1.165) is 11.6 Å². The molecule has 22 heavy (non-hydrogen) atoms. The maximum atomic E-state index is 11.1. The highest BCUT2D eigenvalue weighted by Gasteiger charge is 2.62. The zero-order valence-corrected chi connectivity index (χ0v) is 13.0. The van der Waals surface area contributed by atoms with Gasteiger partial charge in [0.15, 0.2) is 0 Å². The van der Waals surface area contributed by atoms with Gasteiger partial charge in [0.25, 0.3) is 0 Å². The Morgan fingerprint density at radius 3 is 2.23 bits per heavy atom. The van der Waals surface area contributed by atoms with E-state index < -0.39 is 26.3 Å². The molecule has 0 amide bonds. The van der Waals surface area contributed by atoms with Crippen LogP contribution in [0, 0.1) is 26.1 Å². The lowest BCUT2D eigenvalue weighted by Crippen LogP contribution is -2.52. The fraction of sp³-hybridized carbons (Fsp3) is 0.429. The summed E-state index contributed by atoms with van der Waals surface area (Å²) in [7, 11) is 0. The molecule has 1 aromatic carbocycles. The maximum Gasteiger partial charge on any atom is 0.480 e. The van der Waals surface area contributed by atoms with Crippen LogP contribution in [0.2, 0.25) is 0 Å². The molecule has 0 aromatic heterocycles. The summed E-state index contributed by atoms with van der Waals surface area (Å²) in [5.41, 5.74) is -1.37. The molecule has 1 aliphatic carbocycles. The second kappa shape index (κ2) is 6.22. The summed E-state index contributed by atoms with van der Waals surface area (Å²) >= 11 is 12.4. The van der Waals surface area contributed by atoms with Gasteiger partial charge in [0.2, 0.25) is 0 Å². The van der Waals surface area contributed by atoms with Gasteiger partial charge in [-0.1, -0.05) is 36.4 Å². The summed E-state index contributed by atoms with van der Waals surface area (Å²) in [6, 6.07) is 9.63. The van der Waals surface area contributed by atoms with Crippen LogP contribution >= 0.6 is 23.2 Å². The molecule has 2 rings (SSSR count). The molecule has 0 bridgehead atoms. The minimum absolute atomic E-state index is 0.385. The molecule has 0 N–H and O–H groups in total. The summed E-state index contributed by atoms with van der Waals surface area (Å²) < 4.78 is -1.55. The Bertz CT molecular complexity index is 590. The first-order valence-corrected chi connectivity index (χ1v) is 7.44. The van der Waals surface area contributed by atoms with E-state index in [1.54, 1.807) is 0 Å². The first-order valence-electron chi connectivity index (χ1n) is 6.68. The Hall–Kier alpha value is -1.66. The van der Waals surface area contributed by atoms with Crippen molar-refractivity contribution in [2.75, 3.05) is 0 Å². The summed E-state index contributed by atoms with van der Waals surface area (Å²) in [4.78, 5) is 20.3. The summed E-state index contributed by atoms with van der Waals surface area (Å²) in [6.45, 7) is 0. The molecule has 0 saturated heterocycles. The number of halogens is 2. The standard InChI is InChI=1S/C14H14Cl2N2O4/c15-14(16)10-13(17(19)20,18(21)22)9-8-12(14)7-6-11-4-2-1-3-5-11/h1-5,8-9,12H,6-7,10H2. The van der Waals surface area contributed by atoms with Crippen molar-refractivity contribution in [2.45, 2.75) is 29.3 Å². The van der Waals surface area contributed by atoms with Crippen molar-refractivity contribution in [1.82, 2.24) is 0 Å². The van der Waals surface area contributed by atoms with Crippen molar-refractivity contribution in [2.24, 2.45) is 5.92 Å². The molecular weight excluding hydrogens is 331 g/mol. The lowest BCUT2D eigenvalue weighted by molar-refractivity contribution is -0.782. The van der Waals surface area contributed by atoms with Crippen molar-refractivity contribution in [3.8, 4) is 0 Å². The van der Waals surface area contributed by atoms with E-state index in [0.29, 0.717) is 12.8 Å². The number of hydrogen-bond donors (Lipinski definition) is 0. The molecular formula is C14H14Cl2N2O4. The van der Waals surface area contributed by atoms with E-state index in [1.165, 1.54) is 6.08 Å². The van der Waals surface area contributed by atoms with E-state index in [1.807, 2.05) is 30.3 Å². The van der Waals surface area contributed by atoms with Crippen LogP contribution in [0.15, 0.2) is 42.5 Å². The average molecular weight is 345 g/mol. The Morgan fingerprint density at radius 1 is 1.14 bits per heavy atom. The van der Waals surface area contributed by atoms with E-state index in [-0.39, 0.29) is 5.92 Å². The second-order valence-electron chi connectivity index (χ2n) is 5.32. The number of allylic oxidation sites excluding steroid dienone is 1. The summed E-state index contributed by atoms with van der Waals surface area (Å²) in [5, 5.41) is 22.2. The minimum atomic E-state index is -2.45. The fourth-order valence-electron chi connectivity index (χ4n) is 2.54. The molecule has 8 heteroatoms. The third kappa shape index (κ3) is 3.23. The highest BCUT2D eigenvalue weighted by molar-refractivity contribution is 6.48. The lowest BCUT2D eigenvalue weighted by atomic mass is 9.84. The third-order valence-electron chi connectivity index (χ3n) is 3.85. The SMILES string of the molecule is O=[N+]([O-])C1([N+](=O)[O-])C=CC(CCc2ccccc2)C(Cl)(Cl)C1. The van der Waals surface area contributed by atoms with Gasteiger partial charge in [-0.15, -0.1) is 23.2 Å². The Morgan fingerprint density at radius 2 is 1.73 bits per heavy atom. The zero-order valence-electron chi connectivity index (χ0n) is 11.5. The highest BCUT2D eigenvalue weighted by Crippen LogP contribution is 2.46. The number of benzene rings is 1. The predicted molar refractivity (Wildman–Crippen MR) is 83.2 cm³/mol. The van der Waals surface area contributed by atoms with Gasteiger partial charge in [-0.05, 0) is 18.4 Å². The normalized spacial score (nSPS) is 22.2. The van der Waals surface area contributed by atoms with Gasteiger partial charge in [-0.3, -0.25) is 20.2 Å². The highest BCUT2D eigenvalue weighted by atomic mass is 35.5. The van der Waals surface area contributed by atoms with Crippen LogP contribution in [0.3, 0.4) is 0 Å². The van der Waals surface area contributed by atoms with Gasteiger partial charge in [-0.25, -0.2) is 0 Å². The predicted octanol–water partition coefficient (Wildman–Crippen LogP) is 3.62. The smallest absolute Gasteiger partial charge is 0.258 e. The summed E-state index contributed by atoms with van der Waals surface area (Å²) in [6.07, 6.45) is 3.09. The molecule has 0 spiro atoms.